The maximum absolute atomic E-state index is 12.2. The molecule has 0 saturated heterocycles. The van der Waals surface area contributed by atoms with E-state index in [2.05, 4.69) is 13.2 Å². The maximum Gasteiger partial charge on any atom is 0.233 e. The molecule has 0 aromatic rings. The summed E-state index contributed by atoms with van der Waals surface area (Å²) in [6, 6.07) is 0. The average Bonchev–Trinajstić information content (AvgIpc) is 2.51. The summed E-state index contributed by atoms with van der Waals surface area (Å²) in [4.78, 5) is 25.7. The highest BCUT2D eigenvalue weighted by Gasteiger charge is 2.43. The molecular formula is C14H21NO2. The zero-order valence-corrected chi connectivity index (χ0v) is 10.7. The molecule has 0 spiro atoms. The third kappa shape index (κ3) is 3.29. The first-order valence-electron chi connectivity index (χ1n) is 5.94. The Morgan fingerprint density at radius 2 is 1.94 bits per heavy atom. The van der Waals surface area contributed by atoms with Gasteiger partial charge in [-0.1, -0.05) is 26.0 Å². The van der Waals surface area contributed by atoms with Crippen molar-refractivity contribution >= 4 is 11.7 Å². The topological polar surface area (TPSA) is 37.4 Å². The molecule has 94 valence electrons. The first kappa shape index (κ1) is 13.7. The van der Waals surface area contributed by atoms with Gasteiger partial charge in [0.05, 0.1) is 5.92 Å². The number of rotatable bonds is 5. The van der Waals surface area contributed by atoms with Crippen molar-refractivity contribution in [3.63, 3.8) is 0 Å². The predicted molar refractivity (Wildman–Crippen MR) is 68.5 cm³/mol. The van der Waals surface area contributed by atoms with E-state index < -0.39 is 5.92 Å². The second kappa shape index (κ2) is 5.30. The number of nitrogens with zero attached hydrogens (tertiary/aromatic N) is 1. The zero-order valence-electron chi connectivity index (χ0n) is 10.7. The summed E-state index contributed by atoms with van der Waals surface area (Å²) in [6.07, 6.45) is 4.49. The van der Waals surface area contributed by atoms with Crippen LogP contribution < -0.4 is 0 Å². The van der Waals surface area contributed by atoms with Gasteiger partial charge in [-0.3, -0.25) is 9.59 Å². The van der Waals surface area contributed by atoms with Gasteiger partial charge in [0, 0.05) is 19.5 Å². The van der Waals surface area contributed by atoms with E-state index in [1.54, 1.807) is 17.1 Å². The molecular weight excluding hydrogens is 214 g/mol. The minimum atomic E-state index is -0.468. The summed E-state index contributed by atoms with van der Waals surface area (Å²) in [5.74, 6) is -0.483. The van der Waals surface area contributed by atoms with E-state index in [0.29, 0.717) is 25.9 Å². The van der Waals surface area contributed by atoms with Crippen LogP contribution in [0.25, 0.3) is 0 Å². The average molecular weight is 235 g/mol. The van der Waals surface area contributed by atoms with Gasteiger partial charge >= 0.3 is 0 Å². The maximum atomic E-state index is 12.2. The smallest absolute Gasteiger partial charge is 0.233 e. The quantitative estimate of drug-likeness (QED) is 0.541. The fourth-order valence-corrected chi connectivity index (χ4v) is 2.35. The molecule has 0 aliphatic heterocycles. The van der Waals surface area contributed by atoms with Gasteiger partial charge in [-0.2, -0.15) is 0 Å². The summed E-state index contributed by atoms with van der Waals surface area (Å²) in [5.41, 5.74) is -0.0502. The minimum absolute atomic E-state index is 0.0502. The summed E-state index contributed by atoms with van der Waals surface area (Å²) >= 11 is 0. The number of hydrogen-bond acceptors (Lipinski definition) is 2. The van der Waals surface area contributed by atoms with E-state index in [9.17, 15) is 9.59 Å². The number of ketones is 1. The molecule has 3 heteroatoms. The molecule has 3 nitrogen and oxygen atoms in total. The van der Waals surface area contributed by atoms with Crippen molar-refractivity contribution in [1.29, 1.82) is 0 Å². The SMILES string of the molecule is C=CCN(CC=C)C(=O)C1CC(C)(C)CC1=O. The number of amides is 1. The van der Waals surface area contributed by atoms with Gasteiger partial charge in [0.1, 0.15) is 5.78 Å². The van der Waals surface area contributed by atoms with Crippen molar-refractivity contribution < 1.29 is 9.59 Å². The van der Waals surface area contributed by atoms with Crippen LogP contribution in [0.2, 0.25) is 0 Å². The van der Waals surface area contributed by atoms with E-state index in [-0.39, 0.29) is 17.1 Å². The molecule has 0 heterocycles. The second-order valence-electron chi connectivity index (χ2n) is 5.38. The van der Waals surface area contributed by atoms with Crippen LogP contribution in [0, 0.1) is 11.3 Å². The lowest BCUT2D eigenvalue weighted by Crippen LogP contribution is -2.38. The van der Waals surface area contributed by atoms with Crippen LogP contribution in [-0.4, -0.2) is 29.7 Å². The molecule has 1 fully saturated rings. The van der Waals surface area contributed by atoms with Gasteiger partial charge in [0.2, 0.25) is 5.91 Å². The van der Waals surface area contributed by atoms with Crippen molar-refractivity contribution in [3.8, 4) is 0 Å². The van der Waals surface area contributed by atoms with Gasteiger partial charge in [-0.05, 0) is 11.8 Å². The fourth-order valence-electron chi connectivity index (χ4n) is 2.35. The summed E-state index contributed by atoms with van der Waals surface area (Å²) in [7, 11) is 0. The fraction of sp³-hybridized carbons (Fsp3) is 0.571. The Labute approximate surface area is 103 Å². The van der Waals surface area contributed by atoms with Gasteiger partial charge in [-0.15, -0.1) is 13.2 Å². The Balaban J connectivity index is 2.77. The third-order valence-corrected chi connectivity index (χ3v) is 3.11. The molecule has 0 bridgehead atoms. The Morgan fingerprint density at radius 3 is 2.29 bits per heavy atom. The standard InChI is InChI=1S/C14H21NO2/c1-5-7-15(8-6-2)13(17)11-9-14(3,4)10-12(11)16/h5-6,11H,1-2,7-10H2,3-4H3. The van der Waals surface area contributed by atoms with Crippen molar-refractivity contribution in [1.82, 2.24) is 4.90 Å². The molecule has 17 heavy (non-hydrogen) atoms. The lowest BCUT2D eigenvalue weighted by molar-refractivity contribution is -0.139. The van der Waals surface area contributed by atoms with Crippen LogP contribution in [-0.2, 0) is 9.59 Å². The van der Waals surface area contributed by atoms with Crippen LogP contribution in [0.4, 0.5) is 0 Å². The van der Waals surface area contributed by atoms with Crippen LogP contribution in [0.15, 0.2) is 25.3 Å². The highest BCUT2D eigenvalue weighted by Crippen LogP contribution is 2.39. The normalized spacial score (nSPS) is 22.2. The van der Waals surface area contributed by atoms with E-state index in [0.717, 1.165) is 0 Å². The first-order valence-corrected chi connectivity index (χ1v) is 5.94. The van der Waals surface area contributed by atoms with Crippen LogP contribution in [0.5, 0.6) is 0 Å². The van der Waals surface area contributed by atoms with Crippen molar-refractivity contribution in [2.75, 3.05) is 13.1 Å². The summed E-state index contributed by atoms with van der Waals surface area (Å²) < 4.78 is 0. The van der Waals surface area contributed by atoms with E-state index >= 15 is 0 Å². The Kier molecular flexibility index (Phi) is 4.27. The van der Waals surface area contributed by atoms with Gasteiger partial charge in [0.15, 0.2) is 0 Å². The number of carbonyl (C=O) groups is 2. The Hall–Kier alpha value is -1.38. The Bertz CT molecular complexity index is 334. The van der Waals surface area contributed by atoms with Gasteiger partial charge in [0.25, 0.3) is 0 Å². The first-order chi connectivity index (χ1) is 7.91. The van der Waals surface area contributed by atoms with E-state index in [4.69, 9.17) is 0 Å². The number of hydrogen-bond donors (Lipinski definition) is 0. The molecule has 1 unspecified atom stereocenters. The monoisotopic (exact) mass is 235 g/mol. The lowest BCUT2D eigenvalue weighted by Gasteiger charge is -2.23. The molecule has 0 aromatic heterocycles. The molecule has 0 radical (unpaired) electrons. The minimum Gasteiger partial charge on any atom is -0.335 e. The van der Waals surface area contributed by atoms with E-state index in [1.807, 2.05) is 13.8 Å². The molecule has 1 amide bonds. The van der Waals surface area contributed by atoms with Crippen LogP contribution in [0.1, 0.15) is 26.7 Å². The largest absolute Gasteiger partial charge is 0.335 e. The van der Waals surface area contributed by atoms with Gasteiger partial charge < -0.3 is 4.90 Å². The molecule has 1 saturated carbocycles. The van der Waals surface area contributed by atoms with E-state index in [1.165, 1.54) is 0 Å². The molecule has 1 atom stereocenters. The lowest BCUT2D eigenvalue weighted by atomic mass is 9.90. The number of Topliss-reactive ketones (excluding diaryl/α,β-unsaturated/α-hetero) is 1. The highest BCUT2D eigenvalue weighted by atomic mass is 16.2. The highest BCUT2D eigenvalue weighted by molar-refractivity contribution is 6.03. The van der Waals surface area contributed by atoms with Crippen molar-refractivity contribution in [3.05, 3.63) is 25.3 Å². The van der Waals surface area contributed by atoms with Crippen molar-refractivity contribution in [2.24, 2.45) is 11.3 Å². The third-order valence-electron chi connectivity index (χ3n) is 3.11. The zero-order chi connectivity index (χ0) is 13.1. The molecule has 1 aliphatic carbocycles. The second-order valence-corrected chi connectivity index (χ2v) is 5.38. The molecule has 0 N–H and O–H groups in total. The number of carbonyl (C=O) groups excluding carboxylic acids is 2. The molecule has 0 aromatic carbocycles. The van der Waals surface area contributed by atoms with Crippen LogP contribution in [0.3, 0.4) is 0 Å². The predicted octanol–water partition coefficient (Wildman–Crippen LogP) is 2.19. The molecule has 1 rings (SSSR count). The van der Waals surface area contributed by atoms with Gasteiger partial charge in [-0.25, -0.2) is 0 Å². The van der Waals surface area contributed by atoms with Crippen LogP contribution >= 0.6 is 0 Å². The summed E-state index contributed by atoms with van der Waals surface area (Å²) in [5, 5.41) is 0. The Morgan fingerprint density at radius 1 is 1.41 bits per heavy atom. The molecule has 1 aliphatic rings. The van der Waals surface area contributed by atoms with Crippen molar-refractivity contribution in [2.45, 2.75) is 26.7 Å². The summed E-state index contributed by atoms with van der Waals surface area (Å²) in [6.45, 7) is 12.2.